The molecule has 2 rings (SSSR count). The van der Waals surface area contributed by atoms with Crippen LogP contribution in [0, 0.1) is 10.5 Å². The van der Waals surface area contributed by atoms with Gasteiger partial charge in [0.05, 0.1) is 21.0 Å². The van der Waals surface area contributed by atoms with Crippen molar-refractivity contribution in [3.05, 3.63) is 32.9 Å². The molecule has 6 nitrogen and oxygen atoms in total. The number of halogens is 2. The van der Waals surface area contributed by atoms with E-state index in [9.17, 15) is 4.79 Å². The Labute approximate surface area is 142 Å². The third-order valence-corrected chi connectivity index (χ3v) is 4.34. The van der Waals surface area contributed by atoms with Crippen molar-refractivity contribution in [3.8, 4) is 0 Å². The lowest BCUT2D eigenvalue weighted by Gasteiger charge is -2.07. The van der Waals surface area contributed by atoms with E-state index in [1.165, 1.54) is 0 Å². The van der Waals surface area contributed by atoms with Crippen LogP contribution in [0.5, 0.6) is 0 Å². The molecular formula is C13H17ClIN5O. The molecule has 21 heavy (non-hydrogen) atoms. The first kappa shape index (κ1) is 16.3. The number of nitrogens with one attached hydrogen (secondary N) is 1. The fourth-order valence-corrected chi connectivity index (χ4v) is 2.43. The molecule has 2 heterocycles. The normalized spacial score (nSPS) is 10.8. The summed E-state index contributed by atoms with van der Waals surface area (Å²) in [6.07, 6.45) is 6.44. The zero-order valence-corrected chi connectivity index (χ0v) is 14.6. The van der Waals surface area contributed by atoms with Gasteiger partial charge >= 0.3 is 0 Å². The monoisotopic (exact) mass is 421 g/mol. The number of rotatable bonds is 7. The smallest absolute Gasteiger partial charge is 0.221 e. The zero-order chi connectivity index (χ0) is 15.2. The number of hydrogen-bond donors (Lipinski definition) is 1. The van der Waals surface area contributed by atoms with Crippen molar-refractivity contribution < 1.29 is 4.79 Å². The van der Waals surface area contributed by atoms with Gasteiger partial charge in [0.15, 0.2) is 0 Å². The molecule has 0 atom stereocenters. The average molecular weight is 422 g/mol. The van der Waals surface area contributed by atoms with Crippen LogP contribution in [0.25, 0.3) is 0 Å². The molecule has 0 bridgehead atoms. The first-order valence-corrected chi connectivity index (χ1v) is 8.14. The van der Waals surface area contributed by atoms with Crippen molar-refractivity contribution in [1.29, 1.82) is 0 Å². The first-order valence-electron chi connectivity index (χ1n) is 6.69. The van der Waals surface area contributed by atoms with Gasteiger partial charge in [-0.05, 0) is 35.9 Å². The molecule has 2 aromatic rings. The SMILES string of the molecule is Cc1c(I)cnn1CCC(=O)NCCCn1cc(Cl)cn1. The van der Waals surface area contributed by atoms with Gasteiger partial charge in [-0.3, -0.25) is 14.2 Å². The van der Waals surface area contributed by atoms with Crippen molar-refractivity contribution in [1.82, 2.24) is 24.9 Å². The summed E-state index contributed by atoms with van der Waals surface area (Å²) in [5.74, 6) is 0.0402. The Hall–Kier alpha value is -1.09. The van der Waals surface area contributed by atoms with Crippen LogP contribution in [0.2, 0.25) is 5.02 Å². The molecule has 0 aliphatic rings. The van der Waals surface area contributed by atoms with Gasteiger partial charge < -0.3 is 5.32 Å². The Morgan fingerprint density at radius 1 is 1.38 bits per heavy atom. The molecule has 1 N–H and O–H groups in total. The molecule has 0 radical (unpaired) electrons. The van der Waals surface area contributed by atoms with Gasteiger partial charge in [0.25, 0.3) is 0 Å². The van der Waals surface area contributed by atoms with E-state index in [0.29, 0.717) is 24.5 Å². The maximum absolute atomic E-state index is 11.8. The lowest BCUT2D eigenvalue weighted by molar-refractivity contribution is -0.121. The van der Waals surface area contributed by atoms with Gasteiger partial charge in [0, 0.05) is 37.9 Å². The van der Waals surface area contributed by atoms with E-state index in [2.05, 4.69) is 38.1 Å². The highest BCUT2D eigenvalue weighted by Gasteiger charge is 2.06. The van der Waals surface area contributed by atoms with Crippen molar-refractivity contribution in [2.75, 3.05) is 6.54 Å². The number of amides is 1. The average Bonchev–Trinajstić information content (AvgIpc) is 3.01. The first-order chi connectivity index (χ1) is 10.1. The van der Waals surface area contributed by atoms with Crippen LogP contribution in [0.3, 0.4) is 0 Å². The van der Waals surface area contributed by atoms with Crippen molar-refractivity contribution in [3.63, 3.8) is 0 Å². The number of carbonyl (C=O) groups excluding carboxylic acids is 1. The fourth-order valence-electron chi connectivity index (χ4n) is 1.87. The summed E-state index contributed by atoms with van der Waals surface area (Å²) in [5.41, 5.74) is 1.10. The van der Waals surface area contributed by atoms with Crippen molar-refractivity contribution >= 4 is 40.1 Å². The molecule has 0 spiro atoms. The van der Waals surface area contributed by atoms with E-state index < -0.39 is 0 Å². The second kappa shape index (κ2) is 7.79. The summed E-state index contributed by atoms with van der Waals surface area (Å²) in [6.45, 7) is 3.98. The van der Waals surface area contributed by atoms with Crippen LogP contribution in [0.1, 0.15) is 18.5 Å². The van der Waals surface area contributed by atoms with E-state index in [1.807, 2.05) is 17.8 Å². The third kappa shape index (κ3) is 4.99. The highest BCUT2D eigenvalue weighted by Crippen LogP contribution is 2.09. The Morgan fingerprint density at radius 3 is 2.81 bits per heavy atom. The molecule has 0 saturated carbocycles. The molecule has 8 heteroatoms. The van der Waals surface area contributed by atoms with Crippen molar-refractivity contribution in [2.24, 2.45) is 0 Å². The molecule has 0 aromatic carbocycles. The maximum atomic E-state index is 11.8. The van der Waals surface area contributed by atoms with E-state index in [1.54, 1.807) is 17.1 Å². The Bertz CT molecular complexity index is 609. The molecule has 0 unspecified atom stereocenters. The molecule has 114 valence electrons. The number of aryl methyl sites for hydroxylation is 2. The van der Waals surface area contributed by atoms with Crippen LogP contribution in [-0.4, -0.2) is 32.0 Å². The molecule has 0 aliphatic carbocycles. The second-order valence-corrected chi connectivity index (χ2v) is 6.27. The fraction of sp³-hybridized carbons (Fsp3) is 0.462. The number of hydrogen-bond acceptors (Lipinski definition) is 3. The van der Waals surface area contributed by atoms with Crippen LogP contribution in [0.4, 0.5) is 0 Å². The van der Waals surface area contributed by atoms with Crippen LogP contribution >= 0.6 is 34.2 Å². The quantitative estimate of drug-likeness (QED) is 0.551. The topological polar surface area (TPSA) is 64.7 Å². The minimum atomic E-state index is 0.0402. The lowest BCUT2D eigenvalue weighted by atomic mass is 10.3. The third-order valence-electron chi connectivity index (χ3n) is 3.08. The van der Waals surface area contributed by atoms with E-state index in [0.717, 1.165) is 22.2 Å². The van der Waals surface area contributed by atoms with Gasteiger partial charge in [-0.2, -0.15) is 10.2 Å². The number of carbonyl (C=O) groups is 1. The molecule has 0 saturated heterocycles. The van der Waals surface area contributed by atoms with Gasteiger partial charge in [0.2, 0.25) is 5.91 Å². The zero-order valence-electron chi connectivity index (χ0n) is 11.7. The predicted molar refractivity (Wildman–Crippen MR) is 89.2 cm³/mol. The van der Waals surface area contributed by atoms with Gasteiger partial charge in [0.1, 0.15) is 0 Å². The van der Waals surface area contributed by atoms with Crippen molar-refractivity contribution in [2.45, 2.75) is 32.9 Å². The summed E-state index contributed by atoms with van der Waals surface area (Å²) in [6, 6.07) is 0. The van der Waals surface area contributed by atoms with E-state index >= 15 is 0 Å². The lowest BCUT2D eigenvalue weighted by Crippen LogP contribution is -2.26. The molecule has 0 aliphatic heterocycles. The second-order valence-electron chi connectivity index (χ2n) is 4.68. The Balaban J connectivity index is 1.62. The number of nitrogens with zero attached hydrogens (tertiary/aromatic N) is 4. The summed E-state index contributed by atoms with van der Waals surface area (Å²) in [4.78, 5) is 11.8. The summed E-state index contributed by atoms with van der Waals surface area (Å²) in [7, 11) is 0. The van der Waals surface area contributed by atoms with Crippen LogP contribution < -0.4 is 5.32 Å². The molecule has 0 fully saturated rings. The van der Waals surface area contributed by atoms with Gasteiger partial charge in [-0.15, -0.1) is 0 Å². The van der Waals surface area contributed by atoms with E-state index in [-0.39, 0.29) is 5.91 Å². The largest absolute Gasteiger partial charge is 0.356 e. The van der Waals surface area contributed by atoms with E-state index in [4.69, 9.17) is 11.6 Å². The van der Waals surface area contributed by atoms with Crippen LogP contribution in [-0.2, 0) is 17.9 Å². The summed E-state index contributed by atoms with van der Waals surface area (Å²) >= 11 is 8.01. The highest BCUT2D eigenvalue weighted by atomic mass is 127. The Kier molecular flexibility index (Phi) is 6.04. The minimum absolute atomic E-state index is 0.0402. The van der Waals surface area contributed by atoms with Gasteiger partial charge in [-0.25, -0.2) is 0 Å². The number of aromatic nitrogens is 4. The van der Waals surface area contributed by atoms with Crippen LogP contribution in [0.15, 0.2) is 18.6 Å². The minimum Gasteiger partial charge on any atom is -0.356 e. The standard InChI is InChI=1S/C13H17ClIN5O/c1-10-12(15)8-18-20(10)6-3-13(21)16-4-2-5-19-9-11(14)7-17-19/h7-9H,2-6H2,1H3,(H,16,21). The summed E-state index contributed by atoms with van der Waals surface area (Å²) < 4.78 is 4.74. The van der Waals surface area contributed by atoms with Gasteiger partial charge in [-0.1, -0.05) is 11.6 Å². The Morgan fingerprint density at radius 2 is 2.19 bits per heavy atom. The molecule has 1 amide bonds. The summed E-state index contributed by atoms with van der Waals surface area (Å²) in [5, 5.41) is 11.8. The highest BCUT2D eigenvalue weighted by molar-refractivity contribution is 14.1. The molecular weight excluding hydrogens is 405 g/mol. The predicted octanol–water partition coefficient (Wildman–Crippen LogP) is 2.24. The maximum Gasteiger partial charge on any atom is 0.221 e. The molecule has 2 aromatic heterocycles.